The second-order valence-corrected chi connectivity index (χ2v) is 8.23. The summed E-state index contributed by atoms with van der Waals surface area (Å²) in [6, 6.07) is 7.57. The fraction of sp³-hybridized carbons (Fsp3) is 0.500. The molecule has 0 saturated carbocycles. The van der Waals surface area contributed by atoms with E-state index in [0.29, 0.717) is 24.1 Å². The van der Waals surface area contributed by atoms with E-state index in [2.05, 4.69) is 57.1 Å². The molecule has 0 radical (unpaired) electrons. The number of nitrogens with one attached hydrogen (secondary N) is 1. The van der Waals surface area contributed by atoms with Crippen LogP contribution < -0.4 is 10.1 Å². The van der Waals surface area contributed by atoms with Gasteiger partial charge in [0.1, 0.15) is 5.75 Å². The monoisotopic (exact) mass is 343 g/mol. The Labute approximate surface area is 150 Å². The standard InChI is InChI=1S/C20H29N3O2/c1-8-25-17-10-9-16(22-23-17)21-13-11-14(19(2,3)4)18(24)15(12-13)20(5,6)7/h9-12,24H,8H2,1-7H3,(H,21,22). The van der Waals surface area contributed by atoms with Crippen molar-refractivity contribution < 1.29 is 9.84 Å². The van der Waals surface area contributed by atoms with Crippen molar-refractivity contribution in [1.29, 1.82) is 0 Å². The van der Waals surface area contributed by atoms with Crippen molar-refractivity contribution in [2.24, 2.45) is 0 Å². The molecule has 2 N–H and O–H groups in total. The maximum absolute atomic E-state index is 10.8. The third-order valence-corrected chi connectivity index (χ3v) is 3.93. The van der Waals surface area contributed by atoms with Crippen molar-refractivity contribution >= 4 is 11.5 Å². The van der Waals surface area contributed by atoms with Crippen molar-refractivity contribution in [3.8, 4) is 11.6 Å². The molecule has 0 spiro atoms. The van der Waals surface area contributed by atoms with Crippen molar-refractivity contribution in [2.45, 2.75) is 59.3 Å². The average Bonchev–Trinajstić information content (AvgIpc) is 2.49. The van der Waals surface area contributed by atoms with Gasteiger partial charge in [0.05, 0.1) is 6.61 Å². The molecule has 0 fully saturated rings. The van der Waals surface area contributed by atoms with E-state index in [-0.39, 0.29) is 10.8 Å². The van der Waals surface area contributed by atoms with Gasteiger partial charge in [0, 0.05) is 22.9 Å². The van der Waals surface area contributed by atoms with Crippen molar-refractivity contribution in [1.82, 2.24) is 10.2 Å². The first kappa shape index (κ1) is 19.0. The highest BCUT2D eigenvalue weighted by atomic mass is 16.5. The van der Waals surface area contributed by atoms with Crippen LogP contribution in [0.5, 0.6) is 11.6 Å². The number of phenolic OH excluding ortho intramolecular Hbond substituents is 1. The van der Waals surface area contributed by atoms with Crippen molar-refractivity contribution in [2.75, 3.05) is 11.9 Å². The van der Waals surface area contributed by atoms with Gasteiger partial charge in [-0.25, -0.2) is 0 Å². The van der Waals surface area contributed by atoms with E-state index in [9.17, 15) is 5.11 Å². The minimum absolute atomic E-state index is 0.174. The average molecular weight is 343 g/mol. The Balaban J connectivity index is 2.43. The van der Waals surface area contributed by atoms with E-state index in [4.69, 9.17) is 4.74 Å². The third-order valence-electron chi connectivity index (χ3n) is 3.93. The zero-order valence-electron chi connectivity index (χ0n) is 16.3. The van der Waals surface area contributed by atoms with Crippen LogP contribution in [-0.2, 0) is 10.8 Å². The number of aromatic hydroxyl groups is 1. The summed E-state index contributed by atoms with van der Waals surface area (Å²) >= 11 is 0. The van der Waals surface area contributed by atoms with E-state index >= 15 is 0 Å². The van der Waals surface area contributed by atoms with Gasteiger partial charge in [0.15, 0.2) is 5.82 Å². The molecular weight excluding hydrogens is 314 g/mol. The molecule has 0 unspecified atom stereocenters. The molecule has 1 heterocycles. The smallest absolute Gasteiger partial charge is 0.233 e. The van der Waals surface area contributed by atoms with Crippen LogP contribution in [0, 0.1) is 0 Å². The lowest BCUT2D eigenvalue weighted by molar-refractivity contribution is 0.323. The van der Waals surface area contributed by atoms with Gasteiger partial charge in [-0.3, -0.25) is 0 Å². The van der Waals surface area contributed by atoms with Crippen LogP contribution >= 0.6 is 0 Å². The van der Waals surface area contributed by atoms with Gasteiger partial charge in [0.25, 0.3) is 0 Å². The Morgan fingerprint density at radius 3 is 1.92 bits per heavy atom. The van der Waals surface area contributed by atoms with Crippen LogP contribution in [-0.4, -0.2) is 21.9 Å². The summed E-state index contributed by atoms with van der Waals surface area (Å²) in [5.74, 6) is 1.50. The Hall–Kier alpha value is -2.30. The second-order valence-electron chi connectivity index (χ2n) is 8.23. The summed E-state index contributed by atoms with van der Waals surface area (Å²) in [4.78, 5) is 0. The number of benzene rings is 1. The first-order valence-corrected chi connectivity index (χ1v) is 8.64. The molecule has 5 nitrogen and oxygen atoms in total. The molecule has 0 atom stereocenters. The summed E-state index contributed by atoms with van der Waals surface area (Å²) in [6.45, 7) is 15.0. The molecule has 1 aromatic heterocycles. The lowest BCUT2D eigenvalue weighted by atomic mass is 9.79. The van der Waals surface area contributed by atoms with Crippen LogP contribution in [0.1, 0.15) is 59.6 Å². The second kappa shape index (κ2) is 6.90. The lowest BCUT2D eigenvalue weighted by Gasteiger charge is -2.28. The highest BCUT2D eigenvalue weighted by Crippen LogP contribution is 2.41. The topological polar surface area (TPSA) is 67.3 Å². The van der Waals surface area contributed by atoms with E-state index < -0.39 is 0 Å². The highest BCUT2D eigenvalue weighted by Gasteiger charge is 2.26. The molecular formula is C20H29N3O2. The molecule has 0 amide bonds. The van der Waals surface area contributed by atoms with E-state index in [1.54, 1.807) is 6.07 Å². The summed E-state index contributed by atoms with van der Waals surface area (Å²) < 4.78 is 5.32. The minimum atomic E-state index is -0.174. The molecule has 0 aliphatic carbocycles. The summed E-state index contributed by atoms with van der Waals surface area (Å²) in [5, 5.41) is 22.2. The predicted octanol–water partition coefficient (Wildman–Crippen LogP) is 4.92. The minimum Gasteiger partial charge on any atom is -0.507 e. The molecule has 0 aliphatic heterocycles. The van der Waals surface area contributed by atoms with Gasteiger partial charge in [-0.1, -0.05) is 41.5 Å². The van der Waals surface area contributed by atoms with Crippen LogP contribution in [0.3, 0.4) is 0 Å². The molecule has 0 saturated heterocycles. The maximum atomic E-state index is 10.8. The zero-order chi connectivity index (χ0) is 18.8. The Bertz CT molecular complexity index is 691. The fourth-order valence-corrected chi connectivity index (χ4v) is 2.61. The fourth-order valence-electron chi connectivity index (χ4n) is 2.61. The largest absolute Gasteiger partial charge is 0.507 e. The molecule has 2 rings (SSSR count). The van der Waals surface area contributed by atoms with Gasteiger partial charge in [-0.2, -0.15) is 0 Å². The normalized spacial score (nSPS) is 12.1. The molecule has 25 heavy (non-hydrogen) atoms. The van der Waals surface area contributed by atoms with Crippen LogP contribution in [0.2, 0.25) is 0 Å². The van der Waals surface area contributed by atoms with E-state index in [1.807, 2.05) is 25.1 Å². The van der Waals surface area contributed by atoms with Gasteiger partial charge >= 0.3 is 0 Å². The summed E-state index contributed by atoms with van der Waals surface area (Å²) in [7, 11) is 0. The van der Waals surface area contributed by atoms with Crippen LogP contribution in [0.15, 0.2) is 24.3 Å². The molecule has 2 aromatic rings. The number of aromatic nitrogens is 2. The van der Waals surface area contributed by atoms with Crippen molar-refractivity contribution in [3.63, 3.8) is 0 Å². The highest BCUT2D eigenvalue weighted by molar-refractivity contribution is 5.63. The lowest BCUT2D eigenvalue weighted by Crippen LogP contribution is -2.17. The molecule has 0 bridgehead atoms. The third kappa shape index (κ3) is 4.62. The Kier molecular flexibility index (Phi) is 5.26. The van der Waals surface area contributed by atoms with Gasteiger partial charge in [-0.15, -0.1) is 10.2 Å². The molecule has 1 aromatic carbocycles. The van der Waals surface area contributed by atoms with Crippen LogP contribution in [0.25, 0.3) is 0 Å². The summed E-state index contributed by atoms with van der Waals surface area (Å²) in [5.41, 5.74) is 2.34. The molecule has 0 aliphatic rings. The molecule has 5 heteroatoms. The first-order chi connectivity index (χ1) is 11.5. The Morgan fingerprint density at radius 1 is 0.960 bits per heavy atom. The number of phenols is 1. The van der Waals surface area contributed by atoms with Gasteiger partial charge in [0.2, 0.25) is 5.88 Å². The maximum Gasteiger partial charge on any atom is 0.233 e. The van der Waals surface area contributed by atoms with E-state index in [1.165, 1.54) is 0 Å². The summed E-state index contributed by atoms with van der Waals surface area (Å²) in [6.07, 6.45) is 0. The zero-order valence-corrected chi connectivity index (χ0v) is 16.3. The molecule has 136 valence electrons. The number of nitrogens with zero attached hydrogens (tertiary/aromatic N) is 2. The van der Waals surface area contributed by atoms with Crippen molar-refractivity contribution in [3.05, 3.63) is 35.4 Å². The number of anilines is 2. The number of rotatable bonds is 4. The number of hydrogen-bond acceptors (Lipinski definition) is 5. The SMILES string of the molecule is CCOc1ccc(Nc2cc(C(C)(C)C)c(O)c(C(C)(C)C)c2)nn1. The van der Waals surface area contributed by atoms with Gasteiger partial charge in [-0.05, 0) is 36.0 Å². The Morgan fingerprint density at radius 2 is 1.52 bits per heavy atom. The van der Waals surface area contributed by atoms with E-state index in [0.717, 1.165) is 16.8 Å². The first-order valence-electron chi connectivity index (χ1n) is 8.64. The van der Waals surface area contributed by atoms with Crippen LogP contribution in [0.4, 0.5) is 11.5 Å². The number of ether oxygens (including phenoxy) is 1. The van der Waals surface area contributed by atoms with Gasteiger partial charge < -0.3 is 15.2 Å². The number of hydrogen-bond donors (Lipinski definition) is 2. The predicted molar refractivity (Wildman–Crippen MR) is 102 cm³/mol. The quantitative estimate of drug-likeness (QED) is 0.771.